The van der Waals surface area contributed by atoms with E-state index >= 15 is 0 Å². The fraction of sp³-hybridized carbons (Fsp3) is 0.818. The highest BCUT2D eigenvalue weighted by atomic mass is 16.5. The molecule has 0 spiro atoms. The average molecular weight is 225 g/mol. The van der Waals surface area contributed by atoms with Gasteiger partial charge >= 0.3 is 0 Å². The summed E-state index contributed by atoms with van der Waals surface area (Å²) in [5, 5.41) is 3.81. The van der Waals surface area contributed by atoms with Gasteiger partial charge < -0.3 is 15.0 Å². The zero-order chi connectivity index (χ0) is 11.4. The third kappa shape index (κ3) is 2.80. The third-order valence-corrected chi connectivity index (χ3v) is 3.14. The Balaban J connectivity index is 1.84. The van der Waals surface area contributed by atoms with Crippen LogP contribution in [-0.2, 0) is 11.3 Å². The van der Waals surface area contributed by atoms with E-state index in [0.717, 1.165) is 6.42 Å². The molecule has 2 rings (SSSR count). The maximum Gasteiger partial charge on any atom is 0.223 e. The van der Waals surface area contributed by atoms with Gasteiger partial charge in [0.25, 0.3) is 0 Å². The van der Waals surface area contributed by atoms with Crippen LogP contribution in [-0.4, -0.2) is 22.8 Å². The fourth-order valence-corrected chi connectivity index (χ4v) is 2.24. The van der Waals surface area contributed by atoms with Gasteiger partial charge in [0, 0.05) is 6.92 Å². The maximum absolute atomic E-state index is 5.82. The summed E-state index contributed by atoms with van der Waals surface area (Å²) in [5.41, 5.74) is 5.74. The predicted molar refractivity (Wildman–Crippen MR) is 58.6 cm³/mol. The molecule has 5 nitrogen and oxygen atoms in total. The molecular formula is C11H19N3O2. The minimum atomic E-state index is 0.262. The van der Waals surface area contributed by atoms with Gasteiger partial charge in [0.2, 0.25) is 5.89 Å². The maximum atomic E-state index is 5.82. The standard InChI is InChI=1S/C11H19N3O2/c1-8-13-11(14-16-8)7-15-10-5-3-2-4-9(10)6-12/h9-10H,2-7,12H2,1H3. The molecular weight excluding hydrogens is 206 g/mol. The molecule has 2 N–H and O–H groups in total. The largest absolute Gasteiger partial charge is 0.370 e. The van der Waals surface area contributed by atoms with Crippen molar-refractivity contribution >= 4 is 0 Å². The highest BCUT2D eigenvalue weighted by Gasteiger charge is 2.24. The van der Waals surface area contributed by atoms with Gasteiger partial charge in [-0.25, -0.2) is 0 Å². The topological polar surface area (TPSA) is 74.2 Å². The van der Waals surface area contributed by atoms with Gasteiger partial charge in [0.1, 0.15) is 6.61 Å². The van der Waals surface area contributed by atoms with Crippen LogP contribution in [0.25, 0.3) is 0 Å². The van der Waals surface area contributed by atoms with E-state index < -0.39 is 0 Å². The van der Waals surface area contributed by atoms with E-state index in [-0.39, 0.29) is 6.10 Å². The normalized spacial score (nSPS) is 25.9. The van der Waals surface area contributed by atoms with E-state index in [2.05, 4.69) is 10.1 Å². The van der Waals surface area contributed by atoms with Crippen molar-refractivity contribution < 1.29 is 9.26 Å². The molecule has 0 amide bonds. The molecule has 2 unspecified atom stereocenters. The lowest BCUT2D eigenvalue weighted by Crippen LogP contribution is -2.33. The first kappa shape index (κ1) is 11.5. The van der Waals surface area contributed by atoms with Crippen molar-refractivity contribution in [2.24, 2.45) is 11.7 Å². The average Bonchev–Trinajstić information content (AvgIpc) is 2.73. The third-order valence-electron chi connectivity index (χ3n) is 3.14. The quantitative estimate of drug-likeness (QED) is 0.838. The van der Waals surface area contributed by atoms with Crippen LogP contribution in [0.3, 0.4) is 0 Å². The molecule has 5 heteroatoms. The summed E-state index contributed by atoms with van der Waals surface area (Å²) in [7, 11) is 0. The van der Waals surface area contributed by atoms with Crippen molar-refractivity contribution in [1.82, 2.24) is 10.1 Å². The minimum Gasteiger partial charge on any atom is -0.370 e. The molecule has 0 radical (unpaired) electrons. The van der Waals surface area contributed by atoms with Crippen LogP contribution in [0, 0.1) is 12.8 Å². The molecule has 2 atom stereocenters. The van der Waals surface area contributed by atoms with Gasteiger partial charge in [-0.05, 0) is 25.3 Å². The SMILES string of the molecule is Cc1nc(COC2CCCCC2CN)no1. The number of rotatable bonds is 4. The van der Waals surface area contributed by atoms with Crippen LogP contribution < -0.4 is 5.73 Å². The molecule has 1 saturated carbocycles. The number of hydrogen-bond acceptors (Lipinski definition) is 5. The molecule has 0 aliphatic heterocycles. The summed E-state index contributed by atoms with van der Waals surface area (Å²) in [5.74, 6) is 1.69. The molecule has 0 saturated heterocycles. The number of nitrogens with zero attached hydrogens (tertiary/aromatic N) is 2. The van der Waals surface area contributed by atoms with Crippen LogP contribution >= 0.6 is 0 Å². The Morgan fingerprint density at radius 1 is 1.44 bits per heavy atom. The first-order valence-corrected chi connectivity index (χ1v) is 5.90. The van der Waals surface area contributed by atoms with Crippen LogP contribution in [0.5, 0.6) is 0 Å². The summed E-state index contributed by atoms with van der Waals surface area (Å²) in [6, 6.07) is 0. The van der Waals surface area contributed by atoms with E-state index in [1.54, 1.807) is 6.92 Å². The molecule has 16 heavy (non-hydrogen) atoms. The molecule has 1 aromatic heterocycles. The monoisotopic (exact) mass is 225 g/mol. The Labute approximate surface area is 95.3 Å². The van der Waals surface area contributed by atoms with Gasteiger partial charge in [0.05, 0.1) is 6.10 Å². The zero-order valence-corrected chi connectivity index (χ0v) is 9.69. The number of aromatic nitrogens is 2. The summed E-state index contributed by atoms with van der Waals surface area (Å²) in [6.45, 7) is 2.91. The lowest BCUT2D eigenvalue weighted by molar-refractivity contribution is -0.0215. The van der Waals surface area contributed by atoms with Crippen molar-refractivity contribution in [2.45, 2.75) is 45.3 Å². The van der Waals surface area contributed by atoms with Crippen molar-refractivity contribution in [1.29, 1.82) is 0 Å². The number of hydrogen-bond donors (Lipinski definition) is 1. The van der Waals surface area contributed by atoms with Crippen molar-refractivity contribution in [3.8, 4) is 0 Å². The van der Waals surface area contributed by atoms with Crippen LogP contribution in [0.2, 0.25) is 0 Å². The zero-order valence-electron chi connectivity index (χ0n) is 9.69. The summed E-state index contributed by atoms with van der Waals surface area (Å²) >= 11 is 0. The summed E-state index contributed by atoms with van der Waals surface area (Å²) < 4.78 is 10.7. The Morgan fingerprint density at radius 2 is 2.25 bits per heavy atom. The number of nitrogens with two attached hydrogens (primary N) is 1. The molecule has 1 aliphatic carbocycles. The number of aryl methyl sites for hydroxylation is 1. The van der Waals surface area contributed by atoms with E-state index in [1.807, 2.05) is 0 Å². The molecule has 1 fully saturated rings. The molecule has 90 valence electrons. The predicted octanol–water partition coefficient (Wildman–Crippen LogP) is 1.41. The lowest BCUT2D eigenvalue weighted by Gasteiger charge is -2.30. The van der Waals surface area contributed by atoms with Gasteiger partial charge in [-0.3, -0.25) is 0 Å². The first-order chi connectivity index (χ1) is 7.79. The highest BCUT2D eigenvalue weighted by molar-refractivity contribution is 4.83. The fourth-order valence-electron chi connectivity index (χ4n) is 2.24. The van der Waals surface area contributed by atoms with E-state index in [4.69, 9.17) is 15.0 Å². The second kappa shape index (κ2) is 5.41. The van der Waals surface area contributed by atoms with Gasteiger partial charge in [-0.15, -0.1) is 0 Å². The Hall–Kier alpha value is -0.940. The van der Waals surface area contributed by atoms with Gasteiger partial charge in [-0.2, -0.15) is 4.98 Å². The van der Waals surface area contributed by atoms with Crippen LogP contribution in [0.15, 0.2) is 4.52 Å². The molecule has 1 aliphatic rings. The second-order valence-electron chi connectivity index (χ2n) is 4.36. The Kier molecular flexibility index (Phi) is 3.90. The van der Waals surface area contributed by atoms with Gasteiger partial charge in [0.15, 0.2) is 5.82 Å². The molecule has 1 heterocycles. The number of ether oxygens (including phenoxy) is 1. The second-order valence-corrected chi connectivity index (χ2v) is 4.36. The Bertz CT molecular complexity index is 327. The van der Waals surface area contributed by atoms with Crippen LogP contribution in [0.1, 0.15) is 37.4 Å². The highest BCUT2D eigenvalue weighted by Crippen LogP contribution is 2.26. The minimum absolute atomic E-state index is 0.262. The van der Waals surface area contributed by atoms with Crippen LogP contribution in [0.4, 0.5) is 0 Å². The van der Waals surface area contributed by atoms with E-state index in [1.165, 1.54) is 19.3 Å². The molecule has 0 bridgehead atoms. The Morgan fingerprint density at radius 3 is 2.94 bits per heavy atom. The van der Waals surface area contributed by atoms with Gasteiger partial charge in [-0.1, -0.05) is 18.0 Å². The first-order valence-electron chi connectivity index (χ1n) is 5.90. The summed E-state index contributed by atoms with van der Waals surface area (Å²) in [6.07, 6.45) is 5.03. The smallest absolute Gasteiger partial charge is 0.223 e. The van der Waals surface area contributed by atoms with Crippen molar-refractivity contribution in [2.75, 3.05) is 6.54 Å². The van der Waals surface area contributed by atoms with Crippen molar-refractivity contribution in [3.63, 3.8) is 0 Å². The summed E-state index contributed by atoms with van der Waals surface area (Å²) in [4.78, 5) is 4.11. The molecule has 0 aromatic carbocycles. The van der Waals surface area contributed by atoms with Crippen molar-refractivity contribution in [3.05, 3.63) is 11.7 Å². The lowest BCUT2D eigenvalue weighted by atomic mass is 9.86. The molecule has 1 aromatic rings. The van der Waals surface area contributed by atoms with E-state index in [0.29, 0.717) is 30.8 Å². The van der Waals surface area contributed by atoms with E-state index in [9.17, 15) is 0 Å².